The van der Waals surface area contributed by atoms with Crippen molar-refractivity contribution in [1.82, 2.24) is 5.43 Å². The minimum Gasteiger partial charge on any atom is -0.271 e. The maximum absolute atomic E-state index is 6.28. The zero-order valence-corrected chi connectivity index (χ0v) is 10.5. The highest BCUT2D eigenvalue weighted by molar-refractivity contribution is 7.10. The molecule has 1 fully saturated rings. The predicted octanol–water partition coefficient (Wildman–Crippen LogP) is 3.40. The van der Waals surface area contributed by atoms with E-state index in [-0.39, 0.29) is 6.04 Å². The lowest BCUT2D eigenvalue weighted by molar-refractivity contribution is 0.378. The topological polar surface area (TPSA) is 38.0 Å². The minimum absolute atomic E-state index is 0.249. The van der Waals surface area contributed by atoms with Crippen molar-refractivity contribution in [3.8, 4) is 0 Å². The lowest BCUT2D eigenvalue weighted by Crippen LogP contribution is -2.32. The van der Waals surface area contributed by atoms with E-state index in [1.807, 2.05) is 6.92 Å². The first-order chi connectivity index (χ1) is 7.24. The maximum Gasteiger partial charge on any atom is 0.0596 e. The van der Waals surface area contributed by atoms with Gasteiger partial charge in [-0.3, -0.25) is 11.3 Å². The molecule has 15 heavy (non-hydrogen) atoms. The second-order valence-electron chi connectivity index (χ2n) is 4.29. The van der Waals surface area contributed by atoms with Gasteiger partial charge in [-0.25, -0.2) is 0 Å². The molecule has 1 aliphatic rings. The lowest BCUT2D eigenvalue weighted by atomic mass is 9.97. The number of aryl methyl sites for hydroxylation is 1. The summed E-state index contributed by atoms with van der Waals surface area (Å²) in [4.78, 5) is 1.21. The fraction of sp³-hybridized carbons (Fsp3) is 0.636. The van der Waals surface area contributed by atoms with Crippen LogP contribution in [0.1, 0.15) is 42.2 Å². The van der Waals surface area contributed by atoms with E-state index in [2.05, 4.69) is 10.8 Å². The molecule has 0 aliphatic heterocycles. The van der Waals surface area contributed by atoms with E-state index in [4.69, 9.17) is 17.4 Å². The Labute approximate surface area is 99.8 Å². The quantitative estimate of drug-likeness (QED) is 0.632. The largest absolute Gasteiger partial charge is 0.271 e. The maximum atomic E-state index is 6.28. The molecule has 0 aromatic carbocycles. The molecule has 1 aromatic rings. The summed E-state index contributed by atoms with van der Waals surface area (Å²) in [6.07, 6.45) is 5.18. The Kier molecular flexibility index (Phi) is 3.67. The number of hydrazine groups is 1. The predicted molar refractivity (Wildman–Crippen MR) is 66.1 cm³/mol. The van der Waals surface area contributed by atoms with Crippen LogP contribution in [0.4, 0.5) is 0 Å². The van der Waals surface area contributed by atoms with Crippen molar-refractivity contribution in [2.75, 3.05) is 0 Å². The van der Waals surface area contributed by atoms with Gasteiger partial charge >= 0.3 is 0 Å². The minimum atomic E-state index is 0.249. The van der Waals surface area contributed by atoms with Gasteiger partial charge in [0.25, 0.3) is 0 Å². The molecule has 1 atom stereocenters. The molecule has 3 N–H and O–H groups in total. The molecule has 0 radical (unpaired) electrons. The summed E-state index contributed by atoms with van der Waals surface area (Å²) in [5, 5.41) is 3.01. The highest BCUT2D eigenvalue weighted by Crippen LogP contribution is 2.41. The number of rotatable bonds is 3. The Hall–Kier alpha value is -0.0900. The Morgan fingerprint density at radius 1 is 1.53 bits per heavy atom. The molecule has 0 bridgehead atoms. The van der Waals surface area contributed by atoms with Crippen molar-refractivity contribution >= 4 is 22.9 Å². The fourth-order valence-electron chi connectivity index (χ4n) is 2.38. The molecular formula is C11H17ClN2S. The third kappa shape index (κ3) is 2.21. The van der Waals surface area contributed by atoms with Crippen LogP contribution in [0, 0.1) is 12.8 Å². The van der Waals surface area contributed by atoms with E-state index >= 15 is 0 Å². The normalized spacial score (nSPS) is 19.7. The number of hydrogen-bond donors (Lipinski definition) is 2. The lowest BCUT2D eigenvalue weighted by Gasteiger charge is -2.21. The molecule has 1 saturated carbocycles. The SMILES string of the molecule is Cc1csc(C(NN)C2CCCC2)c1Cl. The molecule has 0 spiro atoms. The van der Waals surface area contributed by atoms with Crippen LogP contribution in [0.15, 0.2) is 5.38 Å². The number of hydrogen-bond acceptors (Lipinski definition) is 3. The summed E-state index contributed by atoms with van der Waals surface area (Å²) in [7, 11) is 0. The molecule has 0 amide bonds. The average molecular weight is 245 g/mol. The van der Waals surface area contributed by atoms with Gasteiger partial charge in [-0.1, -0.05) is 24.4 Å². The van der Waals surface area contributed by atoms with Crippen LogP contribution >= 0.6 is 22.9 Å². The van der Waals surface area contributed by atoms with Crippen molar-refractivity contribution in [1.29, 1.82) is 0 Å². The molecule has 4 heteroatoms. The van der Waals surface area contributed by atoms with E-state index in [0.29, 0.717) is 5.92 Å². The van der Waals surface area contributed by atoms with E-state index in [9.17, 15) is 0 Å². The number of halogens is 1. The molecule has 1 aromatic heterocycles. The van der Waals surface area contributed by atoms with Gasteiger partial charge in [0, 0.05) is 4.88 Å². The van der Waals surface area contributed by atoms with Crippen molar-refractivity contribution in [2.24, 2.45) is 11.8 Å². The summed E-state index contributed by atoms with van der Waals surface area (Å²) in [5.74, 6) is 6.32. The molecule has 1 unspecified atom stereocenters. The van der Waals surface area contributed by atoms with Crippen LogP contribution in [0.2, 0.25) is 5.02 Å². The molecule has 84 valence electrons. The summed E-state index contributed by atoms with van der Waals surface area (Å²) >= 11 is 8.00. The zero-order chi connectivity index (χ0) is 10.8. The first-order valence-electron chi connectivity index (χ1n) is 5.43. The monoisotopic (exact) mass is 244 g/mol. The van der Waals surface area contributed by atoms with Gasteiger partial charge in [-0.05, 0) is 36.6 Å². The molecule has 1 aliphatic carbocycles. The Balaban J connectivity index is 2.22. The van der Waals surface area contributed by atoms with Crippen molar-refractivity contribution in [3.05, 3.63) is 20.8 Å². The molecule has 2 nitrogen and oxygen atoms in total. The van der Waals surface area contributed by atoms with Gasteiger partial charge in [-0.2, -0.15) is 0 Å². The Bertz CT molecular complexity index is 331. The van der Waals surface area contributed by atoms with Gasteiger partial charge in [0.1, 0.15) is 0 Å². The molecular weight excluding hydrogens is 228 g/mol. The van der Waals surface area contributed by atoms with E-state index in [0.717, 1.165) is 10.6 Å². The van der Waals surface area contributed by atoms with Crippen LogP contribution in [0.3, 0.4) is 0 Å². The van der Waals surface area contributed by atoms with Crippen molar-refractivity contribution in [3.63, 3.8) is 0 Å². The van der Waals surface area contributed by atoms with E-state index < -0.39 is 0 Å². The van der Waals surface area contributed by atoms with Gasteiger partial charge in [0.15, 0.2) is 0 Å². The molecule has 0 saturated heterocycles. The van der Waals surface area contributed by atoms with Crippen molar-refractivity contribution in [2.45, 2.75) is 38.6 Å². The highest BCUT2D eigenvalue weighted by atomic mass is 35.5. The Morgan fingerprint density at radius 3 is 2.67 bits per heavy atom. The first-order valence-corrected chi connectivity index (χ1v) is 6.69. The molecule has 2 rings (SSSR count). The second kappa shape index (κ2) is 4.83. The van der Waals surface area contributed by atoms with Gasteiger partial charge in [0.2, 0.25) is 0 Å². The van der Waals surface area contributed by atoms with Gasteiger partial charge < -0.3 is 0 Å². The summed E-state index contributed by atoms with van der Waals surface area (Å²) in [6, 6.07) is 0.249. The molecule has 1 heterocycles. The van der Waals surface area contributed by atoms with Gasteiger partial charge in [-0.15, -0.1) is 11.3 Å². The smallest absolute Gasteiger partial charge is 0.0596 e. The summed E-state index contributed by atoms with van der Waals surface area (Å²) in [6.45, 7) is 2.05. The first kappa shape index (κ1) is 11.4. The van der Waals surface area contributed by atoms with E-state index in [1.165, 1.54) is 30.6 Å². The van der Waals surface area contributed by atoms with Crippen molar-refractivity contribution < 1.29 is 0 Å². The van der Waals surface area contributed by atoms with Crippen LogP contribution < -0.4 is 11.3 Å². The number of nitrogens with two attached hydrogens (primary N) is 1. The van der Waals surface area contributed by atoms with Crippen LogP contribution in [0.5, 0.6) is 0 Å². The number of nitrogens with one attached hydrogen (secondary N) is 1. The third-order valence-electron chi connectivity index (χ3n) is 3.26. The second-order valence-corrected chi connectivity index (χ2v) is 5.58. The number of thiophene rings is 1. The summed E-state index contributed by atoms with van der Waals surface area (Å²) < 4.78 is 0. The fourth-order valence-corrected chi connectivity index (χ4v) is 3.84. The van der Waals surface area contributed by atoms with Crippen LogP contribution in [0.25, 0.3) is 0 Å². The van der Waals surface area contributed by atoms with Gasteiger partial charge in [0.05, 0.1) is 11.1 Å². The van der Waals surface area contributed by atoms with Crippen LogP contribution in [-0.2, 0) is 0 Å². The van der Waals surface area contributed by atoms with E-state index in [1.54, 1.807) is 11.3 Å². The third-order valence-corrected chi connectivity index (χ3v) is 5.06. The highest BCUT2D eigenvalue weighted by Gasteiger charge is 2.28. The summed E-state index contributed by atoms with van der Waals surface area (Å²) in [5.41, 5.74) is 4.10. The average Bonchev–Trinajstić information content (AvgIpc) is 2.84. The zero-order valence-electron chi connectivity index (χ0n) is 8.92. The Morgan fingerprint density at radius 2 is 2.20 bits per heavy atom. The standard InChI is InChI=1S/C11H17ClN2S/c1-7-6-15-11(9(7)12)10(14-13)8-4-2-3-5-8/h6,8,10,14H,2-5,13H2,1H3. The van der Waals surface area contributed by atoms with Crippen LogP contribution in [-0.4, -0.2) is 0 Å².